The van der Waals surface area contributed by atoms with Gasteiger partial charge in [-0.3, -0.25) is 4.98 Å². The van der Waals surface area contributed by atoms with Gasteiger partial charge in [0.25, 0.3) is 0 Å². The molecule has 0 saturated heterocycles. The summed E-state index contributed by atoms with van der Waals surface area (Å²) in [6.45, 7) is 4.95. The van der Waals surface area contributed by atoms with Gasteiger partial charge in [0.2, 0.25) is 0 Å². The van der Waals surface area contributed by atoms with Crippen molar-refractivity contribution in [1.82, 2.24) is 4.98 Å². The number of carbonyl (C=O) groups excluding carboxylic acids is 1. The summed E-state index contributed by atoms with van der Waals surface area (Å²) in [5.74, 6) is 0.254. The second-order valence-corrected chi connectivity index (χ2v) is 4.13. The number of rotatable bonds is 9. The number of pyridine rings is 1. The van der Waals surface area contributed by atoms with Crippen LogP contribution < -0.4 is 4.74 Å². The first-order chi connectivity index (χ1) is 10.2. The van der Waals surface area contributed by atoms with Gasteiger partial charge in [-0.05, 0) is 32.1 Å². The lowest BCUT2D eigenvalue weighted by molar-refractivity contribution is -0.138. The molecule has 1 aromatic rings. The van der Waals surface area contributed by atoms with E-state index in [1.165, 1.54) is 0 Å². The number of esters is 1. The van der Waals surface area contributed by atoms with Crippen molar-refractivity contribution < 1.29 is 23.7 Å². The SMILES string of the molecule is CCOC(=O)/C(C)=C/c1ccc(OCOCCOC)cn1. The third kappa shape index (κ3) is 6.87. The Labute approximate surface area is 124 Å². The van der Waals surface area contributed by atoms with E-state index in [0.717, 1.165) is 0 Å². The normalized spacial score (nSPS) is 11.3. The van der Waals surface area contributed by atoms with Gasteiger partial charge in [-0.25, -0.2) is 4.79 Å². The summed E-state index contributed by atoms with van der Waals surface area (Å²) in [7, 11) is 1.61. The smallest absolute Gasteiger partial charge is 0.333 e. The highest BCUT2D eigenvalue weighted by Gasteiger charge is 2.04. The molecule has 6 heteroatoms. The molecule has 1 heterocycles. The summed E-state index contributed by atoms with van der Waals surface area (Å²) in [6.07, 6.45) is 3.24. The van der Waals surface area contributed by atoms with Crippen LogP contribution in [-0.4, -0.2) is 44.7 Å². The standard InChI is InChI=1S/C15H21NO5/c1-4-20-15(17)12(2)9-13-5-6-14(10-16-13)21-11-19-8-7-18-3/h5-6,9-10H,4,7-8,11H2,1-3H3/b12-9+. The largest absolute Gasteiger partial charge is 0.466 e. The van der Waals surface area contributed by atoms with Gasteiger partial charge in [0.1, 0.15) is 5.75 Å². The van der Waals surface area contributed by atoms with Gasteiger partial charge in [0.05, 0.1) is 31.7 Å². The van der Waals surface area contributed by atoms with Crippen molar-refractivity contribution in [3.63, 3.8) is 0 Å². The maximum atomic E-state index is 11.5. The Morgan fingerprint density at radius 1 is 1.33 bits per heavy atom. The van der Waals surface area contributed by atoms with E-state index in [2.05, 4.69) is 4.98 Å². The average Bonchev–Trinajstić information content (AvgIpc) is 2.49. The first-order valence-electron chi connectivity index (χ1n) is 6.68. The minimum absolute atomic E-state index is 0.141. The van der Waals surface area contributed by atoms with E-state index in [-0.39, 0.29) is 12.8 Å². The molecule has 0 atom stereocenters. The molecule has 0 unspecified atom stereocenters. The average molecular weight is 295 g/mol. The van der Waals surface area contributed by atoms with E-state index in [9.17, 15) is 4.79 Å². The van der Waals surface area contributed by atoms with Crippen LogP contribution in [0.5, 0.6) is 5.75 Å². The number of methoxy groups -OCH3 is 1. The summed E-state index contributed by atoms with van der Waals surface area (Å²) >= 11 is 0. The molecular weight excluding hydrogens is 274 g/mol. The van der Waals surface area contributed by atoms with Crippen LogP contribution in [0, 0.1) is 0 Å². The van der Waals surface area contributed by atoms with Gasteiger partial charge >= 0.3 is 5.97 Å². The molecule has 0 fully saturated rings. The van der Waals surface area contributed by atoms with E-state index in [1.54, 1.807) is 45.4 Å². The Bertz CT molecular complexity index is 456. The van der Waals surface area contributed by atoms with Gasteiger partial charge in [-0.2, -0.15) is 0 Å². The zero-order valence-electron chi connectivity index (χ0n) is 12.6. The van der Waals surface area contributed by atoms with Gasteiger partial charge < -0.3 is 18.9 Å². The molecule has 0 N–H and O–H groups in total. The van der Waals surface area contributed by atoms with Crippen LogP contribution in [0.25, 0.3) is 6.08 Å². The van der Waals surface area contributed by atoms with Crippen molar-refractivity contribution in [2.75, 3.05) is 33.7 Å². The van der Waals surface area contributed by atoms with Crippen LogP contribution in [0.2, 0.25) is 0 Å². The lowest BCUT2D eigenvalue weighted by Crippen LogP contribution is -2.08. The second-order valence-electron chi connectivity index (χ2n) is 4.13. The molecule has 0 amide bonds. The van der Waals surface area contributed by atoms with Crippen LogP contribution in [0.1, 0.15) is 19.5 Å². The molecule has 0 radical (unpaired) electrons. The molecule has 0 aliphatic heterocycles. The first-order valence-corrected chi connectivity index (χ1v) is 6.68. The van der Waals surface area contributed by atoms with Crippen LogP contribution >= 0.6 is 0 Å². The highest BCUT2D eigenvalue weighted by Crippen LogP contribution is 2.12. The Kier molecular flexibility index (Phi) is 8.08. The highest BCUT2D eigenvalue weighted by molar-refractivity contribution is 5.92. The quantitative estimate of drug-likeness (QED) is 0.301. The Morgan fingerprint density at radius 3 is 2.76 bits per heavy atom. The summed E-state index contributed by atoms with van der Waals surface area (Å²) in [5, 5.41) is 0. The van der Waals surface area contributed by atoms with Crippen LogP contribution in [0.3, 0.4) is 0 Å². The number of nitrogens with zero attached hydrogens (tertiary/aromatic N) is 1. The van der Waals surface area contributed by atoms with E-state index in [1.807, 2.05) is 0 Å². The number of hydrogen-bond donors (Lipinski definition) is 0. The summed E-state index contributed by atoms with van der Waals surface area (Å²) in [4.78, 5) is 15.7. The van der Waals surface area contributed by atoms with Crippen LogP contribution in [0.4, 0.5) is 0 Å². The molecule has 116 valence electrons. The molecule has 1 aromatic heterocycles. The summed E-state index contributed by atoms with van der Waals surface area (Å²) in [5.41, 5.74) is 1.16. The second kappa shape index (κ2) is 9.90. The highest BCUT2D eigenvalue weighted by atomic mass is 16.7. The molecule has 0 aliphatic carbocycles. The van der Waals surface area contributed by atoms with Gasteiger partial charge in [0, 0.05) is 12.7 Å². The van der Waals surface area contributed by atoms with Crippen LogP contribution in [-0.2, 0) is 19.0 Å². The number of carbonyl (C=O) groups is 1. The van der Waals surface area contributed by atoms with E-state index in [4.69, 9.17) is 18.9 Å². The fourth-order valence-electron chi connectivity index (χ4n) is 1.40. The van der Waals surface area contributed by atoms with Crippen molar-refractivity contribution in [3.05, 3.63) is 29.6 Å². The summed E-state index contributed by atoms with van der Waals surface area (Å²) in [6, 6.07) is 3.52. The molecule has 6 nitrogen and oxygen atoms in total. The van der Waals surface area contributed by atoms with Gasteiger partial charge in [-0.1, -0.05) is 0 Å². The number of aromatic nitrogens is 1. The van der Waals surface area contributed by atoms with Gasteiger partial charge in [0.15, 0.2) is 6.79 Å². The maximum absolute atomic E-state index is 11.5. The van der Waals surface area contributed by atoms with Crippen molar-refractivity contribution in [1.29, 1.82) is 0 Å². The third-order valence-electron chi connectivity index (χ3n) is 2.46. The molecule has 1 rings (SSSR count). The fraction of sp³-hybridized carbons (Fsp3) is 0.467. The number of ether oxygens (including phenoxy) is 4. The Balaban J connectivity index is 2.46. The minimum atomic E-state index is -0.342. The third-order valence-corrected chi connectivity index (χ3v) is 2.46. The summed E-state index contributed by atoms with van der Waals surface area (Å²) < 4.78 is 20.3. The predicted molar refractivity (Wildman–Crippen MR) is 77.8 cm³/mol. The molecule has 0 bridgehead atoms. The molecule has 0 aliphatic rings. The molecular formula is C15H21NO5. The fourth-order valence-corrected chi connectivity index (χ4v) is 1.40. The zero-order valence-corrected chi connectivity index (χ0v) is 12.6. The van der Waals surface area contributed by atoms with E-state index < -0.39 is 0 Å². The van der Waals surface area contributed by atoms with Crippen molar-refractivity contribution in [3.8, 4) is 5.75 Å². The lowest BCUT2D eigenvalue weighted by Gasteiger charge is -2.06. The lowest BCUT2D eigenvalue weighted by atomic mass is 10.2. The van der Waals surface area contributed by atoms with Crippen LogP contribution in [0.15, 0.2) is 23.9 Å². The van der Waals surface area contributed by atoms with E-state index >= 15 is 0 Å². The first kappa shape index (κ1) is 17.1. The molecule has 0 spiro atoms. The van der Waals surface area contributed by atoms with Gasteiger partial charge in [-0.15, -0.1) is 0 Å². The Hall–Kier alpha value is -1.92. The molecule has 0 saturated carbocycles. The van der Waals surface area contributed by atoms with Crippen molar-refractivity contribution in [2.24, 2.45) is 0 Å². The maximum Gasteiger partial charge on any atom is 0.333 e. The predicted octanol–water partition coefficient (Wildman–Crippen LogP) is 2.05. The molecule has 21 heavy (non-hydrogen) atoms. The van der Waals surface area contributed by atoms with Crippen molar-refractivity contribution >= 4 is 12.0 Å². The minimum Gasteiger partial charge on any atom is -0.466 e. The number of hydrogen-bond acceptors (Lipinski definition) is 6. The topological polar surface area (TPSA) is 66.9 Å². The Morgan fingerprint density at radius 2 is 2.14 bits per heavy atom. The van der Waals surface area contributed by atoms with Crippen molar-refractivity contribution in [2.45, 2.75) is 13.8 Å². The van der Waals surface area contributed by atoms with E-state index in [0.29, 0.717) is 36.8 Å². The monoisotopic (exact) mass is 295 g/mol. The molecule has 0 aromatic carbocycles. The zero-order chi connectivity index (χ0) is 15.5.